The van der Waals surface area contributed by atoms with Crippen LogP contribution in [-0.4, -0.2) is 29.3 Å². The number of fused-ring (bicyclic) bond motifs is 1. The van der Waals surface area contributed by atoms with E-state index in [4.69, 9.17) is 0 Å². The minimum atomic E-state index is 0.481. The van der Waals surface area contributed by atoms with Crippen LogP contribution in [0.25, 0.3) is 0 Å². The summed E-state index contributed by atoms with van der Waals surface area (Å²) in [6.45, 7) is 9.69. The minimum Gasteiger partial charge on any atom is -0.315 e. The van der Waals surface area contributed by atoms with Crippen molar-refractivity contribution in [3.63, 3.8) is 0 Å². The van der Waals surface area contributed by atoms with Crippen LogP contribution in [0.3, 0.4) is 0 Å². The highest BCUT2D eigenvalue weighted by Gasteiger charge is 2.16. The van der Waals surface area contributed by atoms with Crippen molar-refractivity contribution in [2.75, 3.05) is 13.1 Å². The Hall–Kier alpha value is -0.870. The molecule has 0 amide bonds. The van der Waals surface area contributed by atoms with E-state index in [1.807, 2.05) is 0 Å². The molecule has 1 aromatic rings. The van der Waals surface area contributed by atoms with E-state index in [-0.39, 0.29) is 0 Å². The lowest BCUT2D eigenvalue weighted by Gasteiger charge is -2.16. The molecule has 3 N–H and O–H groups in total. The summed E-state index contributed by atoms with van der Waals surface area (Å²) in [5.74, 6) is 0.713. The van der Waals surface area contributed by atoms with Gasteiger partial charge in [-0.05, 0) is 50.6 Å². The van der Waals surface area contributed by atoms with Crippen molar-refractivity contribution < 1.29 is 0 Å². The van der Waals surface area contributed by atoms with E-state index in [9.17, 15) is 0 Å². The van der Waals surface area contributed by atoms with Gasteiger partial charge >= 0.3 is 0 Å². The number of H-pyrrole nitrogens is 1. The number of rotatable bonds is 7. The van der Waals surface area contributed by atoms with E-state index in [1.165, 1.54) is 42.6 Å². The maximum atomic E-state index is 4.47. The van der Waals surface area contributed by atoms with Crippen LogP contribution < -0.4 is 10.6 Å². The maximum Gasteiger partial charge on any atom is 0.0794 e. The van der Waals surface area contributed by atoms with E-state index in [2.05, 4.69) is 41.6 Å². The lowest BCUT2D eigenvalue weighted by Crippen LogP contribution is -2.37. The monoisotopic (exact) mass is 264 g/mol. The number of nitrogens with one attached hydrogen (secondary N) is 3. The number of aryl methyl sites for hydroxylation is 1. The van der Waals surface area contributed by atoms with Gasteiger partial charge in [0.15, 0.2) is 0 Å². The first-order valence-electron chi connectivity index (χ1n) is 7.66. The number of hydrogen-bond acceptors (Lipinski definition) is 3. The molecule has 19 heavy (non-hydrogen) atoms. The minimum absolute atomic E-state index is 0.481. The van der Waals surface area contributed by atoms with E-state index < -0.39 is 0 Å². The normalized spacial score (nSPS) is 16.6. The van der Waals surface area contributed by atoms with Crippen LogP contribution >= 0.6 is 0 Å². The van der Waals surface area contributed by atoms with Gasteiger partial charge in [0.1, 0.15) is 0 Å². The summed E-state index contributed by atoms with van der Waals surface area (Å²) < 4.78 is 0. The largest absolute Gasteiger partial charge is 0.315 e. The van der Waals surface area contributed by atoms with Crippen LogP contribution in [-0.2, 0) is 19.4 Å². The van der Waals surface area contributed by atoms with Gasteiger partial charge in [-0.15, -0.1) is 0 Å². The lowest BCUT2D eigenvalue weighted by molar-refractivity contribution is 0.469. The molecule has 1 unspecified atom stereocenters. The van der Waals surface area contributed by atoms with Gasteiger partial charge in [-0.1, -0.05) is 13.8 Å². The molecular weight excluding hydrogens is 236 g/mol. The van der Waals surface area contributed by atoms with E-state index in [0.717, 1.165) is 19.6 Å². The number of aromatic nitrogens is 2. The summed E-state index contributed by atoms with van der Waals surface area (Å²) in [5, 5.41) is 14.7. The standard InChI is InChI=1S/C15H28N4/c1-11(2)8-16-9-12(3)17-10-15-13-6-4-5-7-14(13)18-19-15/h11-12,16-17H,4-10H2,1-3H3,(H,18,19). The number of nitrogens with zero attached hydrogens (tertiary/aromatic N) is 1. The predicted octanol–water partition coefficient (Wildman–Crippen LogP) is 2.01. The van der Waals surface area contributed by atoms with Gasteiger partial charge in [0, 0.05) is 24.8 Å². The molecule has 1 heterocycles. The molecule has 0 fully saturated rings. The topological polar surface area (TPSA) is 52.7 Å². The molecule has 1 aliphatic rings. The Morgan fingerprint density at radius 2 is 1.95 bits per heavy atom. The molecule has 0 aromatic carbocycles. The van der Waals surface area contributed by atoms with Gasteiger partial charge in [-0.25, -0.2) is 0 Å². The zero-order valence-corrected chi connectivity index (χ0v) is 12.6. The Morgan fingerprint density at radius 1 is 1.16 bits per heavy atom. The third kappa shape index (κ3) is 4.32. The highest BCUT2D eigenvalue weighted by atomic mass is 15.1. The molecular formula is C15H28N4. The van der Waals surface area contributed by atoms with Gasteiger partial charge < -0.3 is 10.6 Å². The zero-order valence-electron chi connectivity index (χ0n) is 12.6. The molecule has 0 spiro atoms. The quantitative estimate of drug-likeness (QED) is 0.706. The Balaban J connectivity index is 1.74. The average molecular weight is 264 g/mol. The molecule has 1 aliphatic carbocycles. The van der Waals surface area contributed by atoms with Crippen molar-refractivity contribution in [1.82, 2.24) is 20.8 Å². The van der Waals surface area contributed by atoms with Crippen LogP contribution in [0, 0.1) is 5.92 Å². The Bertz CT molecular complexity index is 383. The van der Waals surface area contributed by atoms with Crippen LogP contribution in [0.1, 0.15) is 50.6 Å². The lowest BCUT2D eigenvalue weighted by atomic mass is 9.96. The summed E-state index contributed by atoms with van der Waals surface area (Å²) in [5.41, 5.74) is 4.07. The Kier molecular flexibility index (Phi) is 5.40. The molecule has 0 saturated heterocycles. The summed E-state index contributed by atoms with van der Waals surface area (Å²) in [6, 6.07) is 0.481. The first-order chi connectivity index (χ1) is 9.16. The van der Waals surface area contributed by atoms with E-state index in [1.54, 1.807) is 0 Å². The third-order valence-corrected chi connectivity index (χ3v) is 3.76. The fourth-order valence-electron chi connectivity index (χ4n) is 2.63. The number of aromatic amines is 1. The van der Waals surface area contributed by atoms with Crippen molar-refractivity contribution in [2.24, 2.45) is 5.92 Å². The second-order valence-corrected chi connectivity index (χ2v) is 6.17. The molecule has 0 radical (unpaired) electrons. The summed E-state index contributed by atoms with van der Waals surface area (Å²) in [4.78, 5) is 0. The predicted molar refractivity (Wildman–Crippen MR) is 79.2 cm³/mol. The fraction of sp³-hybridized carbons (Fsp3) is 0.800. The molecule has 108 valence electrons. The Labute approximate surface area is 116 Å². The first-order valence-corrected chi connectivity index (χ1v) is 7.66. The molecule has 1 atom stereocenters. The molecule has 4 nitrogen and oxygen atoms in total. The van der Waals surface area contributed by atoms with Crippen LogP contribution in [0.5, 0.6) is 0 Å². The second kappa shape index (κ2) is 7.06. The average Bonchev–Trinajstić information content (AvgIpc) is 2.79. The second-order valence-electron chi connectivity index (χ2n) is 6.17. The summed E-state index contributed by atoms with van der Waals surface area (Å²) >= 11 is 0. The van der Waals surface area contributed by atoms with Gasteiger partial charge in [-0.3, -0.25) is 5.10 Å². The van der Waals surface area contributed by atoms with Gasteiger partial charge in [0.05, 0.1) is 5.69 Å². The molecule has 0 saturated carbocycles. The maximum absolute atomic E-state index is 4.47. The van der Waals surface area contributed by atoms with Crippen LogP contribution in [0.4, 0.5) is 0 Å². The third-order valence-electron chi connectivity index (χ3n) is 3.76. The van der Waals surface area contributed by atoms with Crippen molar-refractivity contribution in [1.29, 1.82) is 0 Å². The highest BCUT2D eigenvalue weighted by molar-refractivity contribution is 5.27. The molecule has 0 aliphatic heterocycles. The molecule has 4 heteroatoms. The van der Waals surface area contributed by atoms with Crippen LogP contribution in [0.15, 0.2) is 0 Å². The summed E-state index contributed by atoms with van der Waals surface area (Å²) in [6.07, 6.45) is 4.99. The van der Waals surface area contributed by atoms with Crippen molar-refractivity contribution in [2.45, 2.75) is 59.0 Å². The number of hydrogen-bond donors (Lipinski definition) is 3. The van der Waals surface area contributed by atoms with Gasteiger partial charge in [-0.2, -0.15) is 5.10 Å². The molecule has 1 aromatic heterocycles. The van der Waals surface area contributed by atoms with Gasteiger partial charge in [0.2, 0.25) is 0 Å². The first kappa shape index (κ1) is 14.5. The highest BCUT2D eigenvalue weighted by Crippen LogP contribution is 2.21. The van der Waals surface area contributed by atoms with E-state index in [0.29, 0.717) is 12.0 Å². The SMILES string of the molecule is CC(C)CNCC(C)NCc1n[nH]c2c1CCCC2. The van der Waals surface area contributed by atoms with Crippen LogP contribution in [0.2, 0.25) is 0 Å². The summed E-state index contributed by atoms with van der Waals surface area (Å²) in [7, 11) is 0. The van der Waals surface area contributed by atoms with Crippen molar-refractivity contribution in [3.05, 3.63) is 17.0 Å². The fourth-order valence-corrected chi connectivity index (χ4v) is 2.63. The Morgan fingerprint density at radius 3 is 2.74 bits per heavy atom. The molecule has 2 rings (SSSR count). The van der Waals surface area contributed by atoms with Crippen molar-refractivity contribution in [3.8, 4) is 0 Å². The van der Waals surface area contributed by atoms with E-state index >= 15 is 0 Å². The van der Waals surface area contributed by atoms with Crippen molar-refractivity contribution >= 4 is 0 Å². The molecule has 0 bridgehead atoms. The zero-order chi connectivity index (χ0) is 13.7. The van der Waals surface area contributed by atoms with Gasteiger partial charge in [0.25, 0.3) is 0 Å². The smallest absolute Gasteiger partial charge is 0.0794 e.